The summed E-state index contributed by atoms with van der Waals surface area (Å²) in [6.07, 6.45) is 0.605. The summed E-state index contributed by atoms with van der Waals surface area (Å²) in [5, 5.41) is 11.4. The Morgan fingerprint density at radius 2 is 2.11 bits per heavy atom. The molecule has 0 fully saturated rings. The summed E-state index contributed by atoms with van der Waals surface area (Å²) in [7, 11) is 0. The molecule has 104 valence electrons. The lowest BCUT2D eigenvalue weighted by Gasteiger charge is -2.20. The fraction of sp³-hybridized carbons (Fsp3) is 0.385. The number of carbonyl (C=O) groups excluding carboxylic acids is 1. The first-order valence-electron chi connectivity index (χ1n) is 5.95. The van der Waals surface area contributed by atoms with Crippen molar-refractivity contribution in [2.45, 2.75) is 26.3 Å². The fourth-order valence-electron chi connectivity index (χ4n) is 1.58. The highest BCUT2D eigenvalue weighted by Gasteiger charge is 2.25. The molecule has 0 aromatic heterocycles. The number of carbonyl (C=O) groups is 2. The lowest BCUT2D eigenvalue weighted by Crippen LogP contribution is -2.45. The van der Waals surface area contributed by atoms with Gasteiger partial charge in [-0.1, -0.05) is 20.3 Å². The molecule has 6 heteroatoms. The van der Waals surface area contributed by atoms with E-state index in [4.69, 9.17) is 10.8 Å². The zero-order chi connectivity index (χ0) is 14.6. The fourth-order valence-corrected chi connectivity index (χ4v) is 1.58. The predicted octanol–water partition coefficient (Wildman–Crippen LogP) is 1.64. The van der Waals surface area contributed by atoms with E-state index in [2.05, 4.69) is 5.32 Å². The van der Waals surface area contributed by atoms with Gasteiger partial charge in [0.1, 0.15) is 11.9 Å². The summed E-state index contributed by atoms with van der Waals surface area (Å²) < 4.78 is 13.2. The quantitative estimate of drug-likeness (QED) is 0.708. The number of rotatable bonds is 5. The molecule has 2 atom stereocenters. The highest BCUT2D eigenvalue weighted by molar-refractivity contribution is 5.96. The van der Waals surface area contributed by atoms with Crippen molar-refractivity contribution >= 4 is 17.6 Å². The van der Waals surface area contributed by atoms with Gasteiger partial charge in [-0.15, -0.1) is 0 Å². The lowest BCUT2D eigenvalue weighted by molar-refractivity contribution is -0.140. The Bertz CT molecular complexity index is 491. The minimum atomic E-state index is -1.11. The van der Waals surface area contributed by atoms with Crippen molar-refractivity contribution in [3.8, 4) is 0 Å². The number of carboxylic acid groups (broad SMARTS) is 1. The van der Waals surface area contributed by atoms with Gasteiger partial charge in [0.05, 0.1) is 5.69 Å². The molecule has 0 radical (unpaired) electrons. The van der Waals surface area contributed by atoms with Crippen LogP contribution in [0.1, 0.15) is 30.6 Å². The second kappa shape index (κ2) is 6.17. The highest BCUT2D eigenvalue weighted by atomic mass is 19.1. The zero-order valence-corrected chi connectivity index (χ0v) is 10.8. The van der Waals surface area contributed by atoms with Gasteiger partial charge < -0.3 is 16.2 Å². The third-order valence-electron chi connectivity index (χ3n) is 3.03. The molecule has 4 N–H and O–H groups in total. The summed E-state index contributed by atoms with van der Waals surface area (Å²) in [6, 6.07) is 2.60. The molecule has 1 aromatic carbocycles. The van der Waals surface area contributed by atoms with Crippen molar-refractivity contribution < 1.29 is 19.1 Å². The molecule has 0 aliphatic rings. The Morgan fingerprint density at radius 1 is 1.47 bits per heavy atom. The van der Waals surface area contributed by atoms with E-state index in [9.17, 15) is 14.0 Å². The number of benzene rings is 1. The summed E-state index contributed by atoms with van der Waals surface area (Å²) in [5.41, 5.74) is 5.29. The number of carboxylic acids is 1. The maximum absolute atomic E-state index is 13.2. The number of nitrogens with two attached hydrogens (primary N) is 1. The van der Waals surface area contributed by atoms with Crippen molar-refractivity contribution in [2.75, 3.05) is 5.73 Å². The van der Waals surface area contributed by atoms with Crippen LogP contribution in [0.25, 0.3) is 0 Å². The van der Waals surface area contributed by atoms with Crippen molar-refractivity contribution in [3.05, 3.63) is 29.6 Å². The van der Waals surface area contributed by atoms with Gasteiger partial charge in [-0.25, -0.2) is 9.18 Å². The second-order valence-corrected chi connectivity index (χ2v) is 4.41. The third kappa shape index (κ3) is 3.67. The van der Waals surface area contributed by atoms with Crippen molar-refractivity contribution in [3.63, 3.8) is 0 Å². The Kier molecular flexibility index (Phi) is 4.86. The third-order valence-corrected chi connectivity index (χ3v) is 3.03. The largest absolute Gasteiger partial charge is 0.480 e. The van der Waals surface area contributed by atoms with Crippen LogP contribution in [-0.4, -0.2) is 23.0 Å². The minimum absolute atomic E-state index is 0.0428. The standard InChI is InChI=1S/C13H17FN2O3/c1-3-7(2)11(13(18)19)16-12(17)8-4-5-10(15)9(14)6-8/h4-7,11H,3,15H2,1-2H3,(H,16,17)(H,18,19). The van der Waals surface area contributed by atoms with E-state index in [1.54, 1.807) is 6.92 Å². The Labute approximate surface area is 110 Å². The Hall–Kier alpha value is -2.11. The minimum Gasteiger partial charge on any atom is -0.480 e. The number of nitrogens with one attached hydrogen (secondary N) is 1. The van der Waals surface area contributed by atoms with Crippen LogP contribution < -0.4 is 11.1 Å². The van der Waals surface area contributed by atoms with E-state index < -0.39 is 23.7 Å². The number of anilines is 1. The molecule has 0 saturated heterocycles. The highest BCUT2D eigenvalue weighted by Crippen LogP contribution is 2.13. The average molecular weight is 268 g/mol. The second-order valence-electron chi connectivity index (χ2n) is 4.41. The van der Waals surface area contributed by atoms with Gasteiger partial charge >= 0.3 is 5.97 Å². The smallest absolute Gasteiger partial charge is 0.326 e. The van der Waals surface area contributed by atoms with E-state index in [-0.39, 0.29) is 17.2 Å². The maximum atomic E-state index is 13.2. The molecule has 5 nitrogen and oxygen atoms in total. The average Bonchev–Trinajstić information content (AvgIpc) is 2.37. The van der Waals surface area contributed by atoms with Gasteiger partial charge in [0.15, 0.2) is 0 Å². The van der Waals surface area contributed by atoms with Crippen LogP contribution in [0.2, 0.25) is 0 Å². The Morgan fingerprint density at radius 3 is 2.58 bits per heavy atom. The van der Waals surface area contributed by atoms with E-state index >= 15 is 0 Å². The Balaban J connectivity index is 2.87. The van der Waals surface area contributed by atoms with Gasteiger partial charge in [0.2, 0.25) is 0 Å². The molecule has 19 heavy (non-hydrogen) atoms. The van der Waals surface area contributed by atoms with Crippen molar-refractivity contribution in [1.29, 1.82) is 0 Å². The molecule has 2 unspecified atom stereocenters. The SMILES string of the molecule is CCC(C)C(NC(=O)c1ccc(N)c(F)c1)C(=O)O. The number of hydrogen-bond acceptors (Lipinski definition) is 3. The summed E-state index contributed by atoms with van der Waals surface area (Å²) in [6.45, 7) is 3.55. The molecule has 0 aliphatic carbocycles. The number of hydrogen-bond donors (Lipinski definition) is 3. The van der Waals surface area contributed by atoms with Crippen molar-refractivity contribution in [1.82, 2.24) is 5.32 Å². The first-order chi connectivity index (χ1) is 8.86. The van der Waals surface area contributed by atoms with E-state index in [0.29, 0.717) is 6.42 Å². The molecule has 0 heterocycles. The van der Waals surface area contributed by atoms with Gasteiger partial charge in [-0.3, -0.25) is 4.79 Å². The monoisotopic (exact) mass is 268 g/mol. The van der Waals surface area contributed by atoms with Gasteiger partial charge in [-0.2, -0.15) is 0 Å². The van der Waals surface area contributed by atoms with Crippen LogP contribution in [0, 0.1) is 11.7 Å². The summed E-state index contributed by atoms with van der Waals surface area (Å²) in [4.78, 5) is 22.9. The first kappa shape index (κ1) is 14.9. The van der Waals surface area contributed by atoms with E-state index in [1.807, 2.05) is 6.92 Å². The number of aliphatic carboxylic acids is 1. The van der Waals surface area contributed by atoms with Crippen LogP contribution in [0.15, 0.2) is 18.2 Å². The molecule has 1 amide bonds. The number of nitrogen functional groups attached to an aromatic ring is 1. The number of amides is 1. The maximum Gasteiger partial charge on any atom is 0.326 e. The molecule has 0 saturated carbocycles. The van der Waals surface area contributed by atoms with Crippen LogP contribution in [0.3, 0.4) is 0 Å². The van der Waals surface area contributed by atoms with Gasteiger partial charge in [0, 0.05) is 5.56 Å². The molecular formula is C13H17FN2O3. The topological polar surface area (TPSA) is 92.4 Å². The molecular weight excluding hydrogens is 251 g/mol. The zero-order valence-electron chi connectivity index (χ0n) is 10.8. The van der Waals surface area contributed by atoms with Crippen LogP contribution in [0.4, 0.5) is 10.1 Å². The number of halogens is 1. The molecule has 0 spiro atoms. The van der Waals surface area contributed by atoms with Crippen LogP contribution >= 0.6 is 0 Å². The van der Waals surface area contributed by atoms with Crippen LogP contribution in [0.5, 0.6) is 0 Å². The normalized spacial score (nSPS) is 13.6. The molecule has 0 aliphatic heterocycles. The summed E-state index contributed by atoms with van der Waals surface area (Å²) in [5.74, 6) is -2.67. The molecule has 1 rings (SSSR count). The summed E-state index contributed by atoms with van der Waals surface area (Å²) >= 11 is 0. The van der Waals surface area contributed by atoms with Crippen LogP contribution in [-0.2, 0) is 4.79 Å². The van der Waals surface area contributed by atoms with Gasteiger partial charge in [-0.05, 0) is 24.1 Å². The van der Waals surface area contributed by atoms with Gasteiger partial charge in [0.25, 0.3) is 5.91 Å². The van der Waals surface area contributed by atoms with Crippen molar-refractivity contribution in [2.24, 2.45) is 5.92 Å². The van der Waals surface area contributed by atoms with E-state index in [0.717, 1.165) is 6.07 Å². The lowest BCUT2D eigenvalue weighted by atomic mass is 9.99. The predicted molar refractivity (Wildman–Crippen MR) is 69.2 cm³/mol. The molecule has 1 aromatic rings. The first-order valence-corrected chi connectivity index (χ1v) is 5.95. The molecule has 0 bridgehead atoms. The van der Waals surface area contributed by atoms with E-state index in [1.165, 1.54) is 12.1 Å².